The Balaban J connectivity index is 2.11. The van der Waals surface area contributed by atoms with Crippen molar-refractivity contribution in [3.05, 3.63) is 36.0 Å². The van der Waals surface area contributed by atoms with Crippen molar-refractivity contribution in [3.63, 3.8) is 0 Å². The lowest BCUT2D eigenvalue weighted by molar-refractivity contribution is 0.389. The van der Waals surface area contributed by atoms with E-state index in [2.05, 4.69) is 10.1 Å². The summed E-state index contributed by atoms with van der Waals surface area (Å²) in [7, 11) is -3.23. The third-order valence-corrected chi connectivity index (χ3v) is 4.32. The molecule has 0 spiro atoms. The molecule has 0 radical (unpaired) electrons. The normalized spacial score (nSPS) is 11.7. The highest BCUT2D eigenvalue weighted by Crippen LogP contribution is 2.17. The number of sulfone groups is 1. The molecular formula is C13H15FN2O3S. The van der Waals surface area contributed by atoms with Crippen LogP contribution < -0.4 is 0 Å². The largest absolute Gasteiger partial charge is 0.338 e. The molecule has 1 aromatic heterocycles. The summed E-state index contributed by atoms with van der Waals surface area (Å²) in [6.07, 6.45) is 1.42. The van der Waals surface area contributed by atoms with Gasteiger partial charge in [0.25, 0.3) is 0 Å². The molecule has 1 aromatic carbocycles. The number of hydrogen-bond acceptors (Lipinski definition) is 5. The highest BCUT2D eigenvalue weighted by atomic mass is 32.2. The Morgan fingerprint density at radius 1 is 1.25 bits per heavy atom. The summed E-state index contributed by atoms with van der Waals surface area (Å²) in [6.45, 7) is 1.93. The summed E-state index contributed by atoms with van der Waals surface area (Å²) in [6, 6.07) is 5.58. The fraction of sp³-hybridized carbons (Fsp3) is 0.385. The van der Waals surface area contributed by atoms with Crippen LogP contribution in [0.2, 0.25) is 0 Å². The van der Waals surface area contributed by atoms with E-state index in [0.717, 1.165) is 6.42 Å². The molecule has 0 aliphatic rings. The maximum atomic E-state index is 12.8. The molecule has 2 aromatic rings. The zero-order chi connectivity index (χ0) is 14.6. The van der Waals surface area contributed by atoms with Crippen LogP contribution in [0.5, 0.6) is 0 Å². The molecule has 7 heteroatoms. The Morgan fingerprint density at radius 3 is 2.60 bits per heavy atom. The van der Waals surface area contributed by atoms with Crippen molar-refractivity contribution < 1.29 is 17.3 Å². The molecule has 1 heterocycles. The lowest BCUT2D eigenvalue weighted by Crippen LogP contribution is -2.09. The molecule has 0 amide bonds. The van der Waals surface area contributed by atoms with Crippen molar-refractivity contribution in [3.8, 4) is 11.4 Å². The average Bonchev–Trinajstić information content (AvgIpc) is 2.85. The van der Waals surface area contributed by atoms with Crippen LogP contribution in [-0.4, -0.2) is 24.3 Å². The van der Waals surface area contributed by atoms with Gasteiger partial charge < -0.3 is 4.52 Å². The Hall–Kier alpha value is -1.76. The van der Waals surface area contributed by atoms with Gasteiger partial charge in [0.2, 0.25) is 11.7 Å². The van der Waals surface area contributed by atoms with Crippen LogP contribution in [-0.2, 0) is 15.6 Å². The predicted molar refractivity (Wildman–Crippen MR) is 72.1 cm³/mol. The Kier molecular flexibility index (Phi) is 4.49. The molecule has 0 bridgehead atoms. The number of unbranched alkanes of at least 4 members (excludes halogenated alkanes) is 1. The van der Waals surface area contributed by atoms with E-state index < -0.39 is 9.84 Å². The highest BCUT2D eigenvalue weighted by molar-refractivity contribution is 7.90. The summed E-state index contributed by atoms with van der Waals surface area (Å²) in [5.74, 6) is -0.204. The van der Waals surface area contributed by atoms with Crippen molar-refractivity contribution in [1.82, 2.24) is 10.1 Å². The van der Waals surface area contributed by atoms with Gasteiger partial charge in [-0.1, -0.05) is 18.5 Å². The van der Waals surface area contributed by atoms with Gasteiger partial charge in [-0.2, -0.15) is 4.98 Å². The van der Waals surface area contributed by atoms with Crippen LogP contribution >= 0.6 is 0 Å². The minimum Gasteiger partial charge on any atom is -0.338 e. The van der Waals surface area contributed by atoms with Crippen LogP contribution in [0, 0.1) is 5.82 Å². The molecule has 0 fully saturated rings. The lowest BCUT2D eigenvalue weighted by atomic mass is 10.2. The smallest absolute Gasteiger partial charge is 0.242 e. The van der Waals surface area contributed by atoms with Crippen molar-refractivity contribution in [2.45, 2.75) is 25.5 Å². The summed E-state index contributed by atoms with van der Waals surface area (Å²) in [5, 5.41) is 3.71. The first-order chi connectivity index (χ1) is 9.50. The topological polar surface area (TPSA) is 73.1 Å². The number of benzene rings is 1. The first kappa shape index (κ1) is 14.6. The van der Waals surface area contributed by atoms with E-state index in [1.807, 2.05) is 6.92 Å². The lowest BCUT2D eigenvalue weighted by Gasteiger charge is -1.98. The van der Waals surface area contributed by atoms with Gasteiger partial charge in [0.1, 0.15) is 11.6 Å². The van der Waals surface area contributed by atoms with Gasteiger partial charge in [-0.05, 0) is 30.7 Å². The van der Waals surface area contributed by atoms with Crippen molar-refractivity contribution in [2.75, 3.05) is 5.75 Å². The van der Waals surface area contributed by atoms with Gasteiger partial charge in [0.15, 0.2) is 9.84 Å². The quantitative estimate of drug-likeness (QED) is 0.819. The second kappa shape index (κ2) is 6.13. The molecule has 0 atom stereocenters. The van der Waals surface area contributed by atoms with Crippen LogP contribution in [0.25, 0.3) is 11.4 Å². The maximum Gasteiger partial charge on any atom is 0.242 e. The average molecular weight is 298 g/mol. The van der Waals surface area contributed by atoms with E-state index in [4.69, 9.17) is 4.52 Å². The first-order valence-corrected chi connectivity index (χ1v) is 8.11. The van der Waals surface area contributed by atoms with E-state index in [9.17, 15) is 12.8 Å². The van der Waals surface area contributed by atoms with Gasteiger partial charge in [0.05, 0.1) is 5.75 Å². The molecule has 108 valence electrons. The van der Waals surface area contributed by atoms with Crippen LogP contribution in [0.3, 0.4) is 0 Å². The van der Waals surface area contributed by atoms with Gasteiger partial charge in [-0.3, -0.25) is 0 Å². The molecular weight excluding hydrogens is 283 g/mol. The van der Waals surface area contributed by atoms with E-state index in [1.165, 1.54) is 24.3 Å². The number of aromatic nitrogens is 2. The third kappa shape index (κ3) is 3.86. The van der Waals surface area contributed by atoms with Crippen LogP contribution in [0.1, 0.15) is 25.7 Å². The molecule has 0 N–H and O–H groups in total. The van der Waals surface area contributed by atoms with Gasteiger partial charge in [0, 0.05) is 5.56 Å². The molecule has 0 saturated carbocycles. The SMILES string of the molecule is CCCCS(=O)(=O)Cc1nc(-c2ccc(F)cc2)no1. The summed E-state index contributed by atoms with van der Waals surface area (Å²) >= 11 is 0. The number of rotatable bonds is 6. The van der Waals surface area contributed by atoms with Crippen molar-refractivity contribution in [2.24, 2.45) is 0 Å². The maximum absolute atomic E-state index is 12.8. The molecule has 0 saturated heterocycles. The Bertz CT molecular complexity index is 665. The fourth-order valence-corrected chi connectivity index (χ4v) is 3.02. The fourth-order valence-electron chi connectivity index (χ4n) is 1.65. The molecule has 2 rings (SSSR count). The minimum atomic E-state index is -3.23. The van der Waals surface area contributed by atoms with E-state index in [1.54, 1.807) is 0 Å². The molecule has 0 aliphatic heterocycles. The van der Waals surface area contributed by atoms with E-state index in [0.29, 0.717) is 12.0 Å². The molecule has 0 aliphatic carbocycles. The van der Waals surface area contributed by atoms with Crippen LogP contribution in [0.15, 0.2) is 28.8 Å². The minimum absolute atomic E-state index is 0.0560. The summed E-state index contributed by atoms with van der Waals surface area (Å²) < 4.78 is 41.3. The summed E-state index contributed by atoms with van der Waals surface area (Å²) in [5.41, 5.74) is 0.576. The van der Waals surface area contributed by atoms with Crippen molar-refractivity contribution >= 4 is 9.84 Å². The monoisotopic (exact) mass is 298 g/mol. The van der Waals surface area contributed by atoms with E-state index in [-0.39, 0.29) is 29.0 Å². The number of hydrogen-bond donors (Lipinski definition) is 0. The predicted octanol–water partition coefficient (Wildman–Crippen LogP) is 2.59. The first-order valence-electron chi connectivity index (χ1n) is 6.29. The van der Waals surface area contributed by atoms with E-state index >= 15 is 0 Å². The zero-order valence-electron chi connectivity index (χ0n) is 11.0. The second-order valence-electron chi connectivity index (χ2n) is 4.46. The van der Waals surface area contributed by atoms with Gasteiger partial charge >= 0.3 is 0 Å². The summed E-state index contributed by atoms with van der Waals surface area (Å²) in [4.78, 5) is 4.02. The number of halogens is 1. The van der Waals surface area contributed by atoms with Gasteiger partial charge in [-0.25, -0.2) is 12.8 Å². The van der Waals surface area contributed by atoms with Crippen molar-refractivity contribution in [1.29, 1.82) is 0 Å². The Morgan fingerprint density at radius 2 is 1.95 bits per heavy atom. The Labute approximate surface area is 116 Å². The van der Waals surface area contributed by atoms with Crippen LogP contribution in [0.4, 0.5) is 4.39 Å². The second-order valence-corrected chi connectivity index (χ2v) is 6.65. The standard InChI is InChI=1S/C13H15FN2O3S/c1-2-3-8-20(17,18)9-12-15-13(16-19-12)10-4-6-11(14)7-5-10/h4-7H,2-3,8-9H2,1H3. The molecule has 20 heavy (non-hydrogen) atoms. The van der Waals surface area contributed by atoms with Gasteiger partial charge in [-0.15, -0.1) is 0 Å². The molecule has 0 unspecified atom stereocenters. The zero-order valence-corrected chi connectivity index (χ0v) is 11.9. The third-order valence-electron chi connectivity index (χ3n) is 2.72. The number of nitrogens with zero attached hydrogens (tertiary/aromatic N) is 2. The molecule has 5 nitrogen and oxygen atoms in total. The highest BCUT2D eigenvalue weighted by Gasteiger charge is 2.17.